The van der Waals surface area contributed by atoms with E-state index >= 15 is 0 Å². The highest BCUT2D eigenvalue weighted by Gasteiger charge is 2.23. The lowest BCUT2D eigenvalue weighted by molar-refractivity contribution is -0.115. The first kappa shape index (κ1) is 22.4. The number of rotatable bonds is 6. The fourth-order valence-electron chi connectivity index (χ4n) is 3.60. The van der Waals surface area contributed by atoms with Crippen LogP contribution in [0.2, 0.25) is 0 Å². The van der Waals surface area contributed by atoms with E-state index in [-0.39, 0.29) is 30.0 Å². The standard InChI is InChI=1S/C25H23N3O4S/c1-4-32-25(31)22-19-14-33-23(26-20(29)13-17-9-5-7-15(2)11-17)21(19)24(30)28(27-22)18-10-6-8-16(3)12-18/h5-12,14H,4,13H2,1-3H3,(H,26,29). The van der Waals surface area contributed by atoms with E-state index in [1.807, 2.05) is 50.2 Å². The van der Waals surface area contributed by atoms with Crippen molar-refractivity contribution in [2.45, 2.75) is 27.2 Å². The third kappa shape index (κ3) is 4.70. The molecule has 7 nitrogen and oxygen atoms in total. The molecule has 0 aliphatic heterocycles. The van der Waals surface area contributed by atoms with Crippen LogP contribution in [0.4, 0.5) is 5.00 Å². The number of esters is 1. The van der Waals surface area contributed by atoms with E-state index < -0.39 is 11.5 Å². The maximum absolute atomic E-state index is 13.4. The second-order valence-corrected chi connectivity index (χ2v) is 8.57. The molecule has 2 aromatic heterocycles. The zero-order chi connectivity index (χ0) is 23.5. The van der Waals surface area contributed by atoms with Gasteiger partial charge in [-0.15, -0.1) is 11.3 Å². The Bertz CT molecular complexity index is 1420. The van der Waals surface area contributed by atoms with Gasteiger partial charge in [0.2, 0.25) is 5.91 Å². The zero-order valence-electron chi connectivity index (χ0n) is 18.5. The van der Waals surface area contributed by atoms with Crippen molar-refractivity contribution in [1.82, 2.24) is 9.78 Å². The maximum Gasteiger partial charge on any atom is 0.359 e. The van der Waals surface area contributed by atoms with Crippen molar-refractivity contribution in [3.05, 3.63) is 86.6 Å². The largest absolute Gasteiger partial charge is 0.461 e. The summed E-state index contributed by atoms with van der Waals surface area (Å²) in [7, 11) is 0. The number of hydrogen-bond donors (Lipinski definition) is 1. The minimum atomic E-state index is -0.626. The molecule has 2 heterocycles. The lowest BCUT2D eigenvalue weighted by Crippen LogP contribution is -2.25. The van der Waals surface area contributed by atoms with Crippen LogP contribution in [0, 0.1) is 13.8 Å². The molecule has 0 spiro atoms. The minimum Gasteiger partial charge on any atom is -0.461 e. The van der Waals surface area contributed by atoms with Gasteiger partial charge in [0.15, 0.2) is 5.69 Å². The van der Waals surface area contributed by atoms with Gasteiger partial charge in [-0.05, 0) is 44.0 Å². The van der Waals surface area contributed by atoms with Crippen LogP contribution in [0.25, 0.3) is 16.5 Å². The van der Waals surface area contributed by atoms with Gasteiger partial charge in [0.25, 0.3) is 5.56 Å². The summed E-state index contributed by atoms with van der Waals surface area (Å²) in [5.41, 5.74) is 3.01. The number of thiophene rings is 1. The molecule has 0 saturated carbocycles. The highest BCUT2D eigenvalue weighted by atomic mass is 32.1. The summed E-state index contributed by atoms with van der Waals surface area (Å²) in [6.07, 6.45) is 0.170. The second kappa shape index (κ2) is 9.38. The molecular weight excluding hydrogens is 438 g/mol. The number of carbonyl (C=O) groups excluding carboxylic acids is 2. The average Bonchev–Trinajstić information content (AvgIpc) is 3.18. The highest BCUT2D eigenvalue weighted by molar-refractivity contribution is 7.16. The number of nitrogens with one attached hydrogen (secondary N) is 1. The number of benzene rings is 2. The van der Waals surface area contributed by atoms with Crippen LogP contribution in [-0.4, -0.2) is 28.3 Å². The lowest BCUT2D eigenvalue weighted by atomic mass is 10.1. The van der Waals surface area contributed by atoms with Gasteiger partial charge in [0.1, 0.15) is 5.00 Å². The Morgan fingerprint density at radius 1 is 1.09 bits per heavy atom. The Balaban J connectivity index is 1.80. The van der Waals surface area contributed by atoms with Crippen molar-refractivity contribution in [3.8, 4) is 5.69 Å². The molecule has 1 N–H and O–H groups in total. The van der Waals surface area contributed by atoms with Crippen molar-refractivity contribution in [1.29, 1.82) is 0 Å². The maximum atomic E-state index is 13.4. The third-order valence-electron chi connectivity index (χ3n) is 5.07. The monoisotopic (exact) mass is 461 g/mol. The van der Waals surface area contributed by atoms with Crippen LogP contribution < -0.4 is 10.9 Å². The fourth-order valence-corrected chi connectivity index (χ4v) is 4.56. The lowest BCUT2D eigenvalue weighted by Gasteiger charge is -2.10. The summed E-state index contributed by atoms with van der Waals surface area (Å²) in [5.74, 6) is -0.875. The first-order valence-electron chi connectivity index (χ1n) is 10.5. The summed E-state index contributed by atoms with van der Waals surface area (Å²) < 4.78 is 6.36. The quantitative estimate of drug-likeness (QED) is 0.429. The number of carbonyl (C=O) groups is 2. The van der Waals surface area contributed by atoms with Crippen LogP contribution in [0.3, 0.4) is 0 Å². The van der Waals surface area contributed by atoms with Crippen LogP contribution in [0.15, 0.2) is 58.7 Å². The topological polar surface area (TPSA) is 90.3 Å². The molecule has 0 aliphatic carbocycles. The summed E-state index contributed by atoms with van der Waals surface area (Å²) >= 11 is 1.18. The van der Waals surface area contributed by atoms with E-state index in [1.165, 1.54) is 16.0 Å². The summed E-state index contributed by atoms with van der Waals surface area (Å²) in [6, 6.07) is 14.9. The molecule has 0 radical (unpaired) electrons. The molecule has 0 bridgehead atoms. The van der Waals surface area contributed by atoms with Gasteiger partial charge in [-0.1, -0.05) is 42.0 Å². The molecule has 168 valence electrons. The Morgan fingerprint density at radius 3 is 2.52 bits per heavy atom. The predicted octanol–water partition coefficient (Wildman–Crippen LogP) is 4.42. The van der Waals surface area contributed by atoms with E-state index in [0.717, 1.165) is 16.7 Å². The first-order valence-corrected chi connectivity index (χ1v) is 11.4. The molecule has 8 heteroatoms. The summed E-state index contributed by atoms with van der Waals surface area (Å²) in [4.78, 5) is 38.8. The molecule has 0 unspecified atom stereocenters. The van der Waals surface area contributed by atoms with Crippen LogP contribution >= 0.6 is 11.3 Å². The Kier molecular flexibility index (Phi) is 6.37. The Hall–Kier alpha value is -3.78. The van der Waals surface area contributed by atoms with Gasteiger partial charge in [-0.2, -0.15) is 9.78 Å². The van der Waals surface area contributed by atoms with Crippen molar-refractivity contribution >= 4 is 39.0 Å². The third-order valence-corrected chi connectivity index (χ3v) is 5.96. The van der Waals surface area contributed by atoms with Gasteiger partial charge in [-0.3, -0.25) is 9.59 Å². The molecule has 1 amide bonds. The normalized spacial score (nSPS) is 10.9. The molecule has 0 fully saturated rings. The number of hydrogen-bond acceptors (Lipinski definition) is 6. The van der Waals surface area contributed by atoms with E-state index in [0.29, 0.717) is 16.1 Å². The second-order valence-electron chi connectivity index (χ2n) is 7.69. The number of amides is 1. The first-order chi connectivity index (χ1) is 15.9. The average molecular weight is 462 g/mol. The van der Waals surface area contributed by atoms with Crippen LogP contribution in [-0.2, 0) is 16.0 Å². The van der Waals surface area contributed by atoms with E-state index in [4.69, 9.17) is 4.74 Å². The number of fused-ring (bicyclic) bond motifs is 1. The smallest absolute Gasteiger partial charge is 0.359 e. The molecule has 33 heavy (non-hydrogen) atoms. The highest BCUT2D eigenvalue weighted by Crippen LogP contribution is 2.31. The molecule has 0 aliphatic rings. The van der Waals surface area contributed by atoms with Gasteiger partial charge in [0.05, 0.1) is 24.1 Å². The molecule has 4 rings (SSSR count). The van der Waals surface area contributed by atoms with Crippen molar-refractivity contribution < 1.29 is 14.3 Å². The molecule has 0 atom stereocenters. The number of aromatic nitrogens is 2. The van der Waals surface area contributed by atoms with Crippen molar-refractivity contribution in [3.63, 3.8) is 0 Å². The van der Waals surface area contributed by atoms with E-state index in [2.05, 4.69) is 10.4 Å². The summed E-state index contributed by atoms with van der Waals surface area (Å²) in [5, 5.41) is 9.79. The zero-order valence-corrected chi connectivity index (χ0v) is 19.4. The molecule has 2 aromatic carbocycles. The van der Waals surface area contributed by atoms with Gasteiger partial charge >= 0.3 is 5.97 Å². The van der Waals surface area contributed by atoms with E-state index in [1.54, 1.807) is 24.4 Å². The molecular formula is C25H23N3O4S. The van der Waals surface area contributed by atoms with Gasteiger partial charge in [0, 0.05) is 10.8 Å². The van der Waals surface area contributed by atoms with Gasteiger partial charge in [-0.25, -0.2) is 4.79 Å². The van der Waals surface area contributed by atoms with E-state index in [9.17, 15) is 14.4 Å². The molecule has 4 aromatic rings. The fraction of sp³-hybridized carbons (Fsp3) is 0.200. The summed E-state index contributed by atoms with van der Waals surface area (Å²) in [6.45, 7) is 5.75. The Morgan fingerprint density at radius 2 is 1.82 bits per heavy atom. The number of ether oxygens (including phenoxy) is 1. The van der Waals surface area contributed by atoms with Crippen molar-refractivity contribution in [2.24, 2.45) is 0 Å². The van der Waals surface area contributed by atoms with Crippen molar-refractivity contribution in [2.75, 3.05) is 11.9 Å². The Labute approximate surface area is 194 Å². The van der Waals surface area contributed by atoms with Gasteiger partial charge < -0.3 is 10.1 Å². The number of anilines is 1. The minimum absolute atomic E-state index is 0.0309. The SMILES string of the molecule is CCOC(=O)c1nn(-c2cccc(C)c2)c(=O)c2c(NC(=O)Cc3cccc(C)c3)scc12. The number of nitrogens with zero attached hydrogens (tertiary/aromatic N) is 2. The van der Waals surface area contributed by atoms with Crippen LogP contribution in [0.1, 0.15) is 34.1 Å². The molecule has 0 saturated heterocycles. The number of aryl methyl sites for hydroxylation is 2. The van der Waals surface area contributed by atoms with Crippen LogP contribution in [0.5, 0.6) is 0 Å². The predicted molar refractivity (Wildman–Crippen MR) is 129 cm³/mol.